The van der Waals surface area contributed by atoms with Gasteiger partial charge in [-0.1, -0.05) is 26.0 Å². The van der Waals surface area contributed by atoms with Crippen molar-refractivity contribution in [1.29, 1.82) is 0 Å². The minimum Gasteiger partial charge on any atom is -0.0990 e. The lowest BCUT2D eigenvalue weighted by Gasteiger charge is -2.38. The largest absolute Gasteiger partial charge is 0.0990 e. The lowest BCUT2D eigenvalue weighted by molar-refractivity contribution is 0.120. The molecule has 3 aliphatic carbocycles. The van der Waals surface area contributed by atoms with E-state index in [9.17, 15) is 0 Å². The van der Waals surface area contributed by atoms with E-state index in [2.05, 4.69) is 20.4 Å². The van der Waals surface area contributed by atoms with Crippen molar-refractivity contribution >= 4 is 0 Å². The molecule has 0 aromatic carbocycles. The molecule has 3 aliphatic rings. The van der Waals surface area contributed by atoms with E-state index in [0.29, 0.717) is 5.41 Å². The fourth-order valence-electron chi connectivity index (χ4n) is 3.93. The van der Waals surface area contributed by atoms with Gasteiger partial charge in [0.1, 0.15) is 0 Å². The molecule has 0 aliphatic heterocycles. The predicted molar refractivity (Wildman–Crippen MR) is 50.8 cm³/mol. The van der Waals surface area contributed by atoms with Gasteiger partial charge in [0, 0.05) is 0 Å². The second kappa shape index (κ2) is 1.66. The maximum absolute atomic E-state index is 4.21. The van der Waals surface area contributed by atoms with E-state index in [-0.39, 0.29) is 0 Å². The van der Waals surface area contributed by atoms with Crippen molar-refractivity contribution in [2.75, 3.05) is 0 Å². The van der Waals surface area contributed by atoms with Crippen molar-refractivity contribution in [2.24, 2.45) is 22.7 Å². The van der Waals surface area contributed by atoms with Crippen LogP contribution in [0.15, 0.2) is 12.2 Å². The zero-order valence-electron chi connectivity index (χ0n) is 8.19. The molecule has 0 bridgehead atoms. The third-order valence-corrected chi connectivity index (χ3v) is 4.99. The van der Waals surface area contributed by atoms with Crippen molar-refractivity contribution in [2.45, 2.75) is 39.5 Å². The molecular weight excluding hydrogens is 144 g/mol. The molecule has 2 spiro atoms. The minimum absolute atomic E-state index is 0.680. The number of hydrogen-bond donors (Lipinski definition) is 0. The summed E-state index contributed by atoms with van der Waals surface area (Å²) in [6.07, 6.45) is 5.85. The van der Waals surface area contributed by atoms with Crippen molar-refractivity contribution in [1.82, 2.24) is 0 Å². The first-order valence-corrected chi connectivity index (χ1v) is 5.34. The van der Waals surface area contributed by atoms with Gasteiger partial charge in [0.25, 0.3) is 0 Å². The first-order chi connectivity index (χ1) is 5.65. The number of hydrogen-bond acceptors (Lipinski definition) is 0. The highest BCUT2D eigenvalue weighted by Crippen LogP contribution is 2.83. The third kappa shape index (κ3) is 0.551. The topological polar surface area (TPSA) is 0 Å². The van der Waals surface area contributed by atoms with Crippen LogP contribution in [0.25, 0.3) is 0 Å². The van der Waals surface area contributed by atoms with E-state index in [1.807, 2.05) is 0 Å². The van der Waals surface area contributed by atoms with E-state index in [1.165, 1.54) is 25.7 Å². The fourth-order valence-corrected chi connectivity index (χ4v) is 3.93. The average molecular weight is 162 g/mol. The van der Waals surface area contributed by atoms with Crippen molar-refractivity contribution in [3.05, 3.63) is 12.2 Å². The summed E-state index contributed by atoms with van der Waals surface area (Å²) in [7, 11) is 0. The predicted octanol–water partition coefficient (Wildman–Crippen LogP) is 3.39. The minimum atomic E-state index is 0.680. The molecular formula is C12H18. The highest BCUT2D eigenvalue weighted by Gasteiger charge is 2.74. The average Bonchev–Trinajstić information content (AvgIpc) is 2.75. The van der Waals surface area contributed by atoms with Crippen LogP contribution in [0.4, 0.5) is 0 Å². The summed E-state index contributed by atoms with van der Waals surface area (Å²) < 4.78 is 0. The Kier molecular flexibility index (Phi) is 0.995. The van der Waals surface area contributed by atoms with E-state index in [1.54, 1.807) is 5.57 Å². The Hall–Kier alpha value is -0.260. The highest BCUT2D eigenvalue weighted by molar-refractivity contribution is 5.43. The molecule has 2 unspecified atom stereocenters. The van der Waals surface area contributed by atoms with Crippen LogP contribution in [0.3, 0.4) is 0 Å². The van der Waals surface area contributed by atoms with Crippen molar-refractivity contribution in [3.63, 3.8) is 0 Å². The Bertz CT molecular complexity index is 255. The van der Waals surface area contributed by atoms with E-state index in [0.717, 1.165) is 17.3 Å². The normalized spacial score (nSPS) is 60.7. The van der Waals surface area contributed by atoms with E-state index in [4.69, 9.17) is 0 Å². The van der Waals surface area contributed by atoms with Gasteiger partial charge < -0.3 is 0 Å². The summed E-state index contributed by atoms with van der Waals surface area (Å²) in [5.74, 6) is 1.95. The molecule has 12 heavy (non-hydrogen) atoms. The smallest absolute Gasteiger partial charge is 0.00115 e. The van der Waals surface area contributed by atoms with Crippen LogP contribution in [-0.2, 0) is 0 Å². The van der Waals surface area contributed by atoms with E-state index < -0.39 is 0 Å². The van der Waals surface area contributed by atoms with Gasteiger partial charge in [0.15, 0.2) is 0 Å². The SMILES string of the molecule is C=C1C(CC)C12CC1(CC1C)C2. The number of allylic oxidation sites excluding steroid dienone is 1. The van der Waals surface area contributed by atoms with E-state index >= 15 is 0 Å². The second-order valence-electron chi connectivity index (χ2n) is 5.46. The first-order valence-electron chi connectivity index (χ1n) is 5.34. The van der Waals surface area contributed by atoms with Crippen molar-refractivity contribution < 1.29 is 0 Å². The monoisotopic (exact) mass is 162 g/mol. The maximum Gasteiger partial charge on any atom is -0.00115 e. The molecule has 0 heterocycles. The Morgan fingerprint density at radius 1 is 1.50 bits per heavy atom. The van der Waals surface area contributed by atoms with Gasteiger partial charge in [0.2, 0.25) is 0 Å². The summed E-state index contributed by atoms with van der Waals surface area (Å²) in [6, 6.07) is 0. The van der Waals surface area contributed by atoms with Crippen LogP contribution in [-0.4, -0.2) is 0 Å². The third-order valence-electron chi connectivity index (χ3n) is 4.99. The fraction of sp³-hybridized carbons (Fsp3) is 0.833. The Labute approximate surface area is 75.0 Å². The van der Waals surface area contributed by atoms with Gasteiger partial charge in [-0.05, 0) is 48.3 Å². The Balaban J connectivity index is 1.74. The van der Waals surface area contributed by atoms with Crippen LogP contribution in [0.5, 0.6) is 0 Å². The van der Waals surface area contributed by atoms with Crippen LogP contribution in [0, 0.1) is 22.7 Å². The van der Waals surface area contributed by atoms with Gasteiger partial charge in [-0.25, -0.2) is 0 Å². The molecule has 66 valence electrons. The van der Waals surface area contributed by atoms with Gasteiger partial charge in [-0.15, -0.1) is 0 Å². The standard InChI is InChI=1S/C12H18/c1-4-10-9(3)12(10)6-11(7-12)5-8(11)2/h8,10H,3-7H2,1-2H3. The molecule has 0 N–H and O–H groups in total. The quantitative estimate of drug-likeness (QED) is 0.518. The second-order valence-corrected chi connectivity index (χ2v) is 5.46. The van der Waals surface area contributed by atoms with Crippen LogP contribution in [0.1, 0.15) is 39.5 Å². The van der Waals surface area contributed by atoms with Crippen LogP contribution in [0.2, 0.25) is 0 Å². The van der Waals surface area contributed by atoms with Gasteiger partial charge in [0.05, 0.1) is 0 Å². The number of rotatable bonds is 1. The lowest BCUT2D eigenvalue weighted by Crippen LogP contribution is -2.30. The lowest BCUT2D eigenvalue weighted by atomic mass is 9.66. The molecule has 0 nitrogen and oxygen atoms in total. The molecule has 3 fully saturated rings. The summed E-state index contributed by atoms with van der Waals surface area (Å²) in [5, 5.41) is 0. The van der Waals surface area contributed by atoms with Crippen LogP contribution >= 0.6 is 0 Å². The molecule has 0 amide bonds. The summed E-state index contributed by atoms with van der Waals surface area (Å²) >= 11 is 0. The van der Waals surface area contributed by atoms with Gasteiger partial charge in [-0.2, -0.15) is 0 Å². The molecule has 3 saturated carbocycles. The molecule has 0 aromatic rings. The van der Waals surface area contributed by atoms with Gasteiger partial charge >= 0.3 is 0 Å². The summed E-state index contributed by atoms with van der Waals surface area (Å²) in [4.78, 5) is 0. The molecule has 0 radical (unpaired) electrons. The summed E-state index contributed by atoms with van der Waals surface area (Å²) in [5.41, 5.74) is 3.10. The molecule has 0 aromatic heterocycles. The van der Waals surface area contributed by atoms with Crippen molar-refractivity contribution in [3.8, 4) is 0 Å². The van der Waals surface area contributed by atoms with Gasteiger partial charge in [-0.3, -0.25) is 0 Å². The Morgan fingerprint density at radius 2 is 2.08 bits per heavy atom. The zero-order valence-corrected chi connectivity index (χ0v) is 8.19. The molecule has 3 rings (SSSR count). The maximum atomic E-state index is 4.21. The molecule has 0 saturated heterocycles. The highest BCUT2D eigenvalue weighted by atomic mass is 14.8. The summed E-state index contributed by atoms with van der Waals surface area (Å²) in [6.45, 7) is 8.94. The van der Waals surface area contributed by atoms with Crippen LogP contribution < -0.4 is 0 Å². The first kappa shape index (κ1) is 7.17. The molecule has 2 atom stereocenters. The Morgan fingerprint density at radius 3 is 2.42 bits per heavy atom. The molecule has 0 heteroatoms. The zero-order chi connectivity index (χ0) is 8.56.